The Hall–Kier alpha value is -1.42. The molecule has 92 valence electrons. The van der Waals surface area contributed by atoms with Gasteiger partial charge in [-0.2, -0.15) is 0 Å². The Balaban J connectivity index is 2.28. The molecule has 1 aromatic rings. The number of nitrogens with one attached hydrogen (secondary N) is 1. The number of hydrogen-bond acceptors (Lipinski definition) is 3. The third-order valence-corrected chi connectivity index (χ3v) is 3.45. The van der Waals surface area contributed by atoms with Gasteiger partial charge < -0.3 is 16.8 Å². The van der Waals surface area contributed by atoms with E-state index in [9.17, 15) is 4.79 Å². The van der Waals surface area contributed by atoms with Gasteiger partial charge in [0.1, 0.15) is 0 Å². The lowest BCUT2D eigenvalue weighted by Crippen LogP contribution is -2.16. The van der Waals surface area contributed by atoms with Crippen LogP contribution in [0.3, 0.4) is 0 Å². The summed E-state index contributed by atoms with van der Waals surface area (Å²) < 4.78 is 0. The van der Waals surface area contributed by atoms with Crippen LogP contribution in [0.4, 0.5) is 11.4 Å². The van der Waals surface area contributed by atoms with Crippen LogP contribution in [-0.4, -0.2) is 11.9 Å². The molecule has 2 unspecified atom stereocenters. The fourth-order valence-corrected chi connectivity index (χ4v) is 2.31. The quantitative estimate of drug-likeness (QED) is 0.720. The highest BCUT2D eigenvalue weighted by Gasteiger charge is 2.36. The number of hydrogen-bond donors (Lipinski definition) is 3. The molecule has 1 fully saturated rings. The predicted molar refractivity (Wildman–Crippen MR) is 70.2 cm³/mol. The maximum Gasteiger partial charge on any atom is 0.250 e. The van der Waals surface area contributed by atoms with Crippen molar-refractivity contribution >= 4 is 28.9 Å². The minimum Gasteiger partial charge on any atom is -0.399 e. The Morgan fingerprint density at radius 1 is 1.59 bits per heavy atom. The zero-order valence-electron chi connectivity index (χ0n) is 9.66. The number of carbonyl (C=O) groups excluding carboxylic acids is 1. The van der Waals surface area contributed by atoms with Crippen LogP contribution in [0.25, 0.3) is 0 Å². The van der Waals surface area contributed by atoms with Gasteiger partial charge in [0.25, 0.3) is 5.91 Å². The summed E-state index contributed by atoms with van der Waals surface area (Å²) in [5, 5.41) is 3.72. The number of nitrogens with two attached hydrogens (primary N) is 2. The molecular weight excluding hydrogens is 238 g/mol. The standard InChI is InChI=1S/C12H16ClN3O/c1-2-6-3-10(6)16-11-8(12(15)17)4-7(14)5-9(11)13/h4-6,10,16H,2-3,14H2,1H3,(H2,15,17). The second-order valence-electron chi connectivity index (χ2n) is 4.44. The van der Waals surface area contributed by atoms with Gasteiger partial charge in [0.2, 0.25) is 0 Å². The van der Waals surface area contributed by atoms with E-state index in [1.54, 1.807) is 12.1 Å². The van der Waals surface area contributed by atoms with Crippen molar-refractivity contribution in [3.05, 3.63) is 22.7 Å². The molecule has 1 amide bonds. The third-order valence-electron chi connectivity index (χ3n) is 3.15. The smallest absolute Gasteiger partial charge is 0.250 e. The van der Waals surface area contributed by atoms with Crippen molar-refractivity contribution in [3.8, 4) is 0 Å². The Labute approximate surface area is 105 Å². The zero-order chi connectivity index (χ0) is 12.6. The summed E-state index contributed by atoms with van der Waals surface area (Å²) in [7, 11) is 0. The SMILES string of the molecule is CCC1CC1Nc1c(Cl)cc(N)cc1C(N)=O. The molecule has 4 nitrogen and oxygen atoms in total. The molecule has 0 saturated heterocycles. The molecule has 5 heteroatoms. The normalized spacial score (nSPS) is 22.2. The summed E-state index contributed by atoms with van der Waals surface area (Å²) in [4.78, 5) is 11.3. The zero-order valence-corrected chi connectivity index (χ0v) is 10.4. The highest BCUT2D eigenvalue weighted by molar-refractivity contribution is 6.34. The number of anilines is 2. The van der Waals surface area contributed by atoms with Crippen LogP contribution in [0.5, 0.6) is 0 Å². The lowest BCUT2D eigenvalue weighted by atomic mass is 10.1. The number of rotatable bonds is 4. The topological polar surface area (TPSA) is 81.1 Å². The maximum atomic E-state index is 11.3. The highest BCUT2D eigenvalue weighted by Crippen LogP contribution is 2.39. The van der Waals surface area contributed by atoms with Crippen molar-refractivity contribution in [2.75, 3.05) is 11.1 Å². The lowest BCUT2D eigenvalue weighted by molar-refractivity contribution is 0.100. The molecule has 17 heavy (non-hydrogen) atoms. The van der Waals surface area contributed by atoms with Crippen LogP contribution in [0.1, 0.15) is 30.1 Å². The fourth-order valence-electron chi connectivity index (χ4n) is 2.03. The molecule has 0 radical (unpaired) electrons. The number of nitrogen functional groups attached to an aromatic ring is 1. The molecule has 0 aliphatic heterocycles. The molecule has 1 saturated carbocycles. The van der Waals surface area contributed by atoms with E-state index in [-0.39, 0.29) is 0 Å². The monoisotopic (exact) mass is 253 g/mol. The number of benzene rings is 1. The predicted octanol–water partition coefficient (Wildman–Crippen LogP) is 2.23. The Morgan fingerprint density at radius 3 is 2.82 bits per heavy atom. The second-order valence-corrected chi connectivity index (χ2v) is 4.85. The van der Waals surface area contributed by atoms with Gasteiger partial charge >= 0.3 is 0 Å². The number of primary amides is 1. The summed E-state index contributed by atoms with van der Waals surface area (Å²) in [6, 6.07) is 3.57. The molecule has 0 heterocycles. The summed E-state index contributed by atoms with van der Waals surface area (Å²) in [5.74, 6) is 0.139. The Bertz CT molecular complexity index is 461. The molecular formula is C12H16ClN3O. The van der Waals surface area contributed by atoms with Crippen LogP contribution >= 0.6 is 11.6 Å². The van der Waals surface area contributed by atoms with E-state index < -0.39 is 5.91 Å². The molecule has 2 rings (SSSR count). The van der Waals surface area contributed by atoms with Crippen LogP contribution in [-0.2, 0) is 0 Å². The maximum absolute atomic E-state index is 11.3. The van der Waals surface area contributed by atoms with Crippen molar-refractivity contribution in [2.45, 2.75) is 25.8 Å². The van der Waals surface area contributed by atoms with Crippen molar-refractivity contribution in [1.29, 1.82) is 0 Å². The largest absolute Gasteiger partial charge is 0.399 e. The summed E-state index contributed by atoms with van der Waals surface area (Å²) in [5.41, 5.74) is 12.4. The number of carbonyl (C=O) groups is 1. The molecule has 1 aliphatic rings. The average Bonchev–Trinajstić information content (AvgIpc) is 3.00. The minimum atomic E-state index is -0.518. The lowest BCUT2D eigenvalue weighted by Gasteiger charge is -2.12. The van der Waals surface area contributed by atoms with E-state index in [4.69, 9.17) is 23.1 Å². The van der Waals surface area contributed by atoms with E-state index in [0.29, 0.717) is 33.9 Å². The van der Waals surface area contributed by atoms with Gasteiger partial charge in [0.15, 0.2) is 0 Å². The average molecular weight is 254 g/mol. The second kappa shape index (κ2) is 4.45. The van der Waals surface area contributed by atoms with E-state index in [1.165, 1.54) is 0 Å². The van der Waals surface area contributed by atoms with Crippen molar-refractivity contribution < 1.29 is 4.79 Å². The molecule has 2 atom stereocenters. The third kappa shape index (κ3) is 2.47. The van der Waals surface area contributed by atoms with Crippen molar-refractivity contribution in [2.24, 2.45) is 11.7 Å². The first kappa shape index (κ1) is 12.0. The summed E-state index contributed by atoms with van der Waals surface area (Å²) in [6.45, 7) is 2.14. The van der Waals surface area contributed by atoms with Gasteiger partial charge in [-0.1, -0.05) is 24.9 Å². The van der Waals surface area contributed by atoms with Crippen LogP contribution < -0.4 is 16.8 Å². The fraction of sp³-hybridized carbons (Fsp3) is 0.417. The molecule has 0 aromatic heterocycles. The molecule has 0 spiro atoms. The van der Waals surface area contributed by atoms with Crippen LogP contribution in [0, 0.1) is 5.92 Å². The highest BCUT2D eigenvalue weighted by atomic mass is 35.5. The van der Waals surface area contributed by atoms with Crippen LogP contribution in [0.15, 0.2) is 12.1 Å². The first-order valence-corrected chi connectivity index (χ1v) is 6.06. The summed E-state index contributed by atoms with van der Waals surface area (Å²) in [6.07, 6.45) is 2.23. The molecule has 1 aromatic carbocycles. The first-order valence-electron chi connectivity index (χ1n) is 5.68. The van der Waals surface area contributed by atoms with E-state index in [2.05, 4.69) is 12.2 Å². The van der Waals surface area contributed by atoms with Gasteiger partial charge in [-0.05, 0) is 24.5 Å². The van der Waals surface area contributed by atoms with Gasteiger partial charge in [-0.15, -0.1) is 0 Å². The van der Waals surface area contributed by atoms with Gasteiger partial charge in [-0.25, -0.2) is 0 Å². The summed E-state index contributed by atoms with van der Waals surface area (Å²) >= 11 is 6.09. The van der Waals surface area contributed by atoms with Crippen molar-refractivity contribution in [3.63, 3.8) is 0 Å². The Kier molecular flexibility index (Phi) is 3.15. The number of halogens is 1. The molecule has 1 aliphatic carbocycles. The molecule has 0 bridgehead atoms. The van der Waals surface area contributed by atoms with Gasteiger partial charge in [0.05, 0.1) is 16.3 Å². The van der Waals surface area contributed by atoms with E-state index in [1.807, 2.05) is 0 Å². The first-order chi connectivity index (χ1) is 8.02. The van der Waals surface area contributed by atoms with Crippen LogP contribution in [0.2, 0.25) is 5.02 Å². The van der Waals surface area contributed by atoms with Gasteiger partial charge in [-0.3, -0.25) is 4.79 Å². The van der Waals surface area contributed by atoms with Crippen molar-refractivity contribution in [1.82, 2.24) is 0 Å². The van der Waals surface area contributed by atoms with E-state index in [0.717, 1.165) is 12.8 Å². The molecule has 5 N–H and O–H groups in total. The number of amides is 1. The minimum absolute atomic E-state index is 0.358. The van der Waals surface area contributed by atoms with E-state index >= 15 is 0 Å². The van der Waals surface area contributed by atoms with Gasteiger partial charge in [0, 0.05) is 11.7 Å². The Morgan fingerprint density at radius 2 is 2.29 bits per heavy atom.